The van der Waals surface area contributed by atoms with E-state index in [9.17, 15) is 4.79 Å². The van der Waals surface area contributed by atoms with E-state index >= 15 is 0 Å². The summed E-state index contributed by atoms with van der Waals surface area (Å²) < 4.78 is 12.5. The number of nitrogens with zero attached hydrogens (tertiary/aromatic N) is 3. The van der Waals surface area contributed by atoms with Crippen molar-refractivity contribution in [2.45, 2.75) is 13.5 Å². The van der Waals surface area contributed by atoms with Gasteiger partial charge in [0.05, 0.1) is 25.4 Å². The van der Waals surface area contributed by atoms with Crippen LogP contribution in [-0.2, 0) is 6.54 Å². The number of fused-ring (bicyclic) bond motifs is 1. The molecule has 0 aliphatic carbocycles. The summed E-state index contributed by atoms with van der Waals surface area (Å²) in [7, 11) is 1.66. The minimum atomic E-state index is -0.0132. The van der Waals surface area contributed by atoms with Gasteiger partial charge in [0.1, 0.15) is 5.75 Å². The molecule has 1 aliphatic heterocycles. The third-order valence-electron chi connectivity index (χ3n) is 5.89. The Morgan fingerprint density at radius 3 is 2.70 bits per heavy atom. The smallest absolute Gasteiger partial charge is 0.317 e. The van der Waals surface area contributed by atoms with Crippen molar-refractivity contribution < 1.29 is 13.9 Å². The molecule has 5 rings (SSSR count). The molecule has 1 N–H and O–H groups in total. The number of amides is 2. The fourth-order valence-electron chi connectivity index (χ4n) is 4.13. The van der Waals surface area contributed by atoms with Gasteiger partial charge >= 0.3 is 6.03 Å². The Morgan fingerprint density at radius 1 is 1.15 bits per heavy atom. The van der Waals surface area contributed by atoms with Crippen LogP contribution in [0.3, 0.4) is 0 Å². The number of benzene rings is 2. The number of hydrogen-bond acceptors (Lipinski definition) is 6. The summed E-state index contributed by atoms with van der Waals surface area (Å²) in [5.41, 5.74) is 1.94. The van der Waals surface area contributed by atoms with E-state index in [0.717, 1.165) is 35.0 Å². The summed E-state index contributed by atoms with van der Waals surface area (Å²) in [6.07, 6.45) is 1.71. The summed E-state index contributed by atoms with van der Waals surface area (Å²) in [6.45, 7) is 5.24. The number of thiophene rings is 1. The molecule has 8 heteroatoms. The molecular formula is C25H26N4O3S. The van der Waals surface area contributed by atoms with Crippen molar-refractivity contribution in [2.24, 2.45) is 0 Å². The number of anilines is 1. The van der Waals surface area contributed by atoms with Crippen LogP contribution < -0.4 is 15.0 Å². The predicted octanol–water partition coefficient (Wildman–Crippen LogP) is 4.91. The number of aryl methyl sites for hydroxylation is 1. The van der Waals surface area contributed by atoms with Gasteiger partial charge in [-0.2, -0.15) is 0 Å². The second-order valence-corrected chi connectivity index (χ2v) is 9.18. The van der Waals surface area contributed by atoms with E-state index in [2.05, 4.69) is 39.5 Å². The normalized spacial score (nSPS) is 14.0. The first-order valence-electron chi connectivity index (χ1n) is 11.0. The molecule has 2 aromatic heterocycles. The largest absolute Gasteiger partial charge is 0.496 e. The Labute approximate surface area is 196 Å². The summed E-state index contributed by atoms with van der Waals surface area (Å²) >= 11 is 1.72. The van der Waals surface area contributed by atoms with Gasteiger partial charge in [-0.25, -0.2) is 9.78 Å². The van der Waals surface area contributed by atoms with Crippen LogP contribution in [0.15, 0.2) is 59.1 Å². The Hall–Kier alpha value is -3.52. The van der Waals surface area contributed by atoms with E-state index < -0.39 is 0 Å². The molecule has 1 fully saturated rings. The van der Waals surface area contributed by atoms with E-state index in [4.69, 9.17) is 9.15 Å². The fourth-order valence-corrected chi connectivity index (χ4v) is 5.14. The second-order valence-electron chi connectivity index (χ2n) is 8.01. The number of nitrogens with one attached hydrogen (secondary N) is 1. The lowest BCUT2D eigenvalue weighted by atomic mass is 10.1. The topological polar surface area (TPSA) is 70.8 Å². The second kappa shape index (κ2) is 9.15. The number of ether oxygens (including phenoxy) is 1. The third kappa shape index (κ3) is 4.52. The van der Waals surface area contributed by atoms with Gasteiger partial charge in [0, 0.05) is 54.4 Å². The van der Waals surface area contributed by atoms with Gasteiger partial charge in [0.15, 0.2) is 11.7 Å². The molecule has 2 aromatic carbocycles. The van der Waals surface area contributed by atoms with Crippen molar-refractivity contribution in [1.82, 2.24) is 15.2 Å². The number of aromatic nitrogens is 1. The minimum absolute atomic E-state index is 0.0132. The molecule has 33 heavy (non-hydrogen) atoms. The molecule has 2 amide bonds. The van der Waals surface area contributed by atoms with E-state index in [1.165, 1.54) is 10.1 Å². The molecule has 0 unspecified atom stereocenters. The van der Waals surface area contributed by atoms with Crippen molar-refractivity contribution in [3.63, 3.8) is 0 Å². The number of urea groups is 1. The molecule has 0 atom stereocenters. The molecule has 170 valence electrons. The molecule has 7 nitrogen and oxygen atoms in total. The summed E-state index contributed by atoms with van der Waals surface area (Å²) in [5.74, 6) is 2.06. The van der Waals surface area contributed by atoms with Crippen molar-refractivity contribution in [2.75, 3.05) is 38.2 Å². The van der Waals surface area contributed by atoms with E-state index in [1.54, 1.807) is 24.6 Å². The monoisotopic (exact) mass is 462 g/mol. The first-order valence-corrected chi connectivity index (χ1v) is 11.8. The maximum absolute atomic E-state index is 12.7. The highest BCUT2D eigenvalue weighted by atomic mass is 32.1. The fraction of sp³-hybridized carbons (Fsp3) is 0.280. The van der Waals surface area contributed by atoms with Crippen LogP contribution in [0.2, 0.25) is 0 Å². The Balaban J connectivity index is 1.18. The highest BCUT2D eigenvalue weighted by Crippen LogP contribution is 2.34. The standard InChI is InChI=1S/C25H26N4O3S/c1-17-26-16-23(32-17)21-8-7-19(14-22(21)31-2)28-9-11-29(12-10-28)25(30)27-15-20-13-18-5-3-4-6-24(18)33-20/h3-8,13-14,16H,9-12,15H2,1-2H3,(H,27,30). The lowest BCUT2D eigenvalue weighted by Crippen LogP contribution is -2.51. The van der Waals surface area contributed by atoms with Gasteiger partial charge in [-0.15, -0.1) is 11.3 Å². The zero-order chi connectivity index (χ0) is 22.8. The first kappa shape index (κ1) is 21.3. The van der Waals surface area contributed by atoms with Gasteiger partial charge in [-0.1, -0.05) is 18.2 Å². The van der Waals surface area contributed by atoms with Crippen LogP contribution in [0.25, 0.3) is 21.4 Å². The molecule has 0 saturated carbocycles. The summed E-state index contributed by atoms with van der Waals surface area (Å²) in [5, 5.41) is 4.30. The van der Waals surface area contributed by atoms with Crippen LogP contribution in [0.5, 0.6) is 5.75 Å². The van der Waals surface area contributed by atoms with Crippen LogP contribution in [-0.4, -0.2) is 49.2 Å². The lowest BCUT2D eigenvalue weighted by molar-refractivity contribution is 0.194. The van der Waals surface area contributed by atoms with Gasteiger partial charge in [-0.05, 0) is 29.7 Å². The van der Waals surface area contributed by atoms with E-state index in [0.29, 0.717) is 31.3 Å². The highest BCUT2D eigenvalue weighted by Gasteiger charge is 2.22. The average Bonchev–Trinajstić information content (AvgIpc) is 3.48. The third-order valence-corrected chi connectivity index (χ3v) is 7.01. The Kier molecular flexibility index (Phi) is 5.92. The number of hydrogen-bond donors (Lipinski definition) is 1. The van der Waals surface area contributed by atoms with Crippen molar-refractivity contribution in [3.05, 3.63) is 65.5 Å². The number of rotatable bonds is 5. The Morgan fingerprint density at radius 2 is 1.97 bits per heavy atom. The number of carbonyl (C=O) groups is 1. The number of oxazole rings is 1. The predicted molar refractivity (Wildman–Crippen MR) is 131 cm³/mol. The number of carbonyl (C=O) groups excluding carboxylic acids is 1. The zero-order valence-electron chi connectivity index (χ0n) is 18.7. The molecular weight excluding hydrogens is 436 g/mol. The van der Waals surface area contributed by atoms with Crippen molar-refractivity contribution in [3.8, 4) is 17.1 Å². The minimum Gasteiger partial charge on any atom is -0.496 e. The van der Waals surface area contributed by atoms with Gasteiger partial charge < -0.3 is 24.3 Å². The van der Waals surface area contributed by atoms with Crippen LogP contribution in [0, 0.1) is 6.92 Å². The highest BCUT2D eigenvalue weighted by molar-refractivity contribution is 7.19. The lowest BCUT2D eigenvalue weighted by Gasteiger charge is -2.36. The SMILES string of the molecule is COc1cc(N2CCN(C(=O)NCc3cc4ccccc4s3)CC2)ccc1-c1cnc(C)o1. The quantitative estimate of drug-likeness (QED) is 0.457. The molecule has 4 aromatic rings. The molecule has 1 aliphatic rings. The summed E-state index contributed by atoms with van der Waals surface area (Å²) in [4.78, 5) is 22.2. The maximum Gasteiger partial charge on any atom is 0.317 e. The van der Waals surface area contributed by atoms with Crippen LogP contribution in [0.1, 0.15) is 10.8 Å². The molecule has 1 saturated heterocycles. The van der Waals surface area contributed by atoms with Crippen LogP contribution in [0.4, 0.5) is 10.5 Å². The average molecular weight is 463 g/mol. The van der Waals surface area contributed by atoms with Gasteiger partial charge in [0.25, 0.3) is 0 Å². The first-order chi connectivity index (χ1) is 16.1. The van der Waals surface area contributed by atoms with Gasteiger partial charge in [0.2, 0.25) is 0 Å². The van der Waals surface area contributed by atoms with Crippen molar-refractivity contribution >= 4 is 33.1 Å². The number of methoxy groups -OCH3 is 1. The van der Waals surface area contributed by atoms with Crippen molar-refractivity contribution in [1.29, 1.82) is 0 Å². The van der Waals surface area contributed by atoms with Crippen LogP contribution >= 0.6 is 11.3 Å². The molecule has 3 heterocycles. The molecule has 0 radical (unpaired) electrons. The van der Waals surface area contributed by atoms with Gasteiger partial charge in [-0.3, -0.25) is 0 Å². The maximum atomic E-state index is 12.7. The zero-order valence-corrected chi connectivity index (χ0v) is 19.5. The summed E-state index contributed by atoms with van der Waals surface area (Å²) in [6, 6.07) is 16.5. The molecule has 0 bridgehead atoms. The van der Waals surface area contributed by atoms with E-state index in [-0.39, 0.29) is 6.03 Å². The number of piperazine rings is 1. The molecule has 0 spiro atoms. The van der Waals surface area contributed by atoms with E-state index in [1.807, 2.05) is 36.1 Å². The Bertz CT molecular complexity index is 1240.